The van der Waals surface area contributed by atoms with Gasteiger partial charge in [-0.1, -0.05) is 44.2 Å². The lowest BCUT2D eigenvalue weighted by Crippen LogP contribution is -2.49. The number of β-amino-alcohol motifs (C(OH)–C–C–N with tert-alkyl or cyclic N) is 1. The Bertz CT molecular complexity index is 1120. The van der Waals surface area contributed by atoms with Crippen LogP contribution in [0.25, 0.3) is 0 Å². The van der Waals surface area contributed by atoms with E-state index in [2.05, 4.69) is 48.8 Å². The minimum Gasteiger partial charge on any atom is -0.390 e. The van der Waals surface area contributed by atoms with Gasteiger partial charge in [-0.2, -0.15) is 0 Å². The Morgan fingerprint density at radius 3 is 2.59 bits per heavy atom. The summed E-state index contributed by atoms with van der Waals surface area (Å²) in [4.78, 5) is 12.7. The minimum absolute atomic E-state index is 0.0127. The predicted octanol–water partition coefficient (Wildman–Crippen LogP) is 5.86. The third-order valence-corrected chi connectivity index (χ3v) is 7.68. The molecule has 0 unspecified atom stereocenters. The second-order valence-corrected chi connectivity index (χ2v) is 11.4. The van der Waals surface area contributed by atoms with Crippen molar-refractivity contribution in [2.75, 3.05) is 13.2 Å². The number of hydrogen-bond donors (Lipinski definition) is 3. The number of carbonyl (C=O) groups excluding carboxylic acids is 1. The number of nitrogens with one attached hydrogen (secondary N) is 2. The van der Waals surface area contributed by atoms with Crippen LogP contribution in [-0.2, 0) is 22.4 Å². The van der Waals surface area contributed by atoms with Crippen LogP contribution in [0.2, 0.25) is 0 Å². The molecule has 212 valence electrons. The van der Waals surface area contributed by atoms with Crippen LogP contribution in [0.1, 0.15) is 86.8 Å². The molecular formula is C32H42F2N2O3. The zero-order valence-corrected chi connectivity index (χ0v) is 23.1. The standard InChI is InChI=1S/C32H42F2N2O3/c1-21(2)9-10-22-11-12-26-27(16-22)28-19-31(26)39-13-7-5-3-4-6-8-32(38)36-29(30(37)20-35-28)17-23-14-24(33)18-25(34)15-23/h5,7,11-12,14-16,18,21,28-31,35,37H,3-4,6,8-10,13,17,19-20H2,1-2H3,(H,36,38)/b7-5-/t28-,29-,30+,31+/m0/s1. The topological polar surface area (TPSA) is 70.6 Å². The molecule has 1 heterocycles. The van der Waals surface area contributed by atoms with Gasteiger partial charge in [0.1, 0.15) is 11.6 Å². The Kier molecular flexibility index (Phi) is 10.7. The van der Waals surface area contributed by atoms with E-state index in [1.165, 1.54) is 28.8 Å². The van der Waals surface area contributed by atoms with Gasteiger partial charge in [0, 0.05) is 25.1 Å². The molecule has 7 heteroatoms. The molecule has 5 nitrogen and oxygen atoms in total. The highest BCUT2D eigenvalue weighted by Crippen LogP contribution is 2.41. The molecule has 0 saturated carbocycles. The predicted molar refractivity (Wildman–Crippen MR) is 149 cm³/mol. The van der Waals surface area contributed by atoms with Crippen molar-refractivity contribution in [2.45, 2.75) is 89.5 Å². The fraction of sp³-hybridized carbons (Fsp3) is 0.531. The molecular weight excluding hydrogens is 498 g/mol. The van der Waals surface area contributed by atoms with E-state index in [-0.39, 0.29) is 31.0 Å². The first kappa shape index (κ1) is 29.4. The van der Waals surface area contributed by atoms with Crippen molar-refractivity contribution in [3.63, 3.8) is 0 Å². The summed E-state index contributed by atoms with van der Waals surface area (Å²) in [7, 11) is 0. The van der Waals surface area contributed by atoms with Gasteiger partial charge >= 0.3 is 0 Å². The molecule has 0 fully saturated rings. The largest absolute Gasteiger partial charge is 0.390 e. The number of hydrogen-bond acceptors (Lipinski definition) is 4. The van der Waals surface area contributed by atoms with Gasteiger partial charge in [-0.15, -0.1) is 0 Å². The number of rotatable bonds is 5. The number of fused-ring (bicyclic) bond motifs is 5. The van der Waals surface area contributed by atoms with Crippen molar-refractivity contribution in [3.8, 4) is 0 Å². The average molecular weight is 541 g/mol. The van der Waals surface area contributed by atoms with Crippen molar-refractivity contribution in [1.82, 2.24) is 10.6 Å². The van der Waals surface area contributed by atoms with Gasteiger partial charge in [0.05, 0.1) is 24.9 Å². The second-order valence-electron chi connectivity index (χ2n) is 11.4. The normalized spacial score (nSPS) is 25.6. The van der Waals surface area contributed by atoms with Crippen molar-refractivity contribution < 1.29 is 23.4 Å². The van der Waals surface area contributed by atoms with Crippen LogP contribution in [0.4, 0.5) is 8.78 Å². The molecule has 2 aromatic carbocycles. The number of aliphatic hydroxyl groups excluding tert-OH is 1. The van der Waals surface area contributed by atoms with Gasteiger partial charge in [0.2, 0.25) is 5.91 Å². The summed E-state index contributed by atoms with van der Waals surface area (Å²) >= 11 is 0. The van der Waals surface area contributed by atoms with E-state index < -0.39 is 23.8 Å². The van der Waals surface area contributed by atoms with E-state index in [0.717, 1.165) is 38.2 Å². The molecule has 0 spiro atoms. The van der Waals surface area contributed by atoms with E-state index >= 15 is 0 Å². The van der Waals surface area contributed by atoms with Gasteiger partial charge in [0.15, 0.2) is 0 Å². The van der Waals surface area contributed by atoms with E-state index in [1.54, 1.807) is 0 Å². The number of aryl methyl sites for hydroxylation is 1. The monoisotopic (exact) mass is 540 g/mol. The molecule has 2 aliphatic rings. The summed E-state index contributed by atoms with van der Waals surface area (Å²) < 4.78 is 34.0. The van der Waals surface area contributed by atoms with Gasteiger partial charge in [-0.25, -0.2) is 8.78 Å². The maximum Gasteiger partial charge on any atom is 0.220 e. The maximum atomic E-state index is 13.9. The second kappa shape index (κ2) is 14.1. The van der Waals surface area contributed by atoms with E-state index in [4.69, 9.17) is 4.74 Å². The summed E-state index contributed by atoms with van der Waals surface area (Å²) in [5.41, 5.74) is 4.04. The fourth-order valence-electron chi connectivity index (χ4n) is 5.50. The molecule has 0 aromatic heterocycles. The molecule has 3 N–H and O–H groups in total. The number of allylic oxidation sites excluding steroid dienone is 1. The third kappa shape index (κ3) is 8.69. The van der Waals surface area contributed by atoms with Crippen molar-refractivity contribution in [1.29, 1.82) is 0 Å². The van der Waals surface area contributed by atoms with Crippen LogP contribution in [0.5, 0.6) is 0 Å². The number of carbonyl (C=O) groups is 1. The molecule has 2 aromatic rings. The highest BCUT2D eigenvalue weighted by Gasteiger charge is 2.33. The smallest absolute Gasteiger partial charge is 0.220 e. The Morgan fingerprint density at radius 2 is 1.82 bits per heavy atom. The van der Waals surface area contributed by atoms with E-state index in [1.807, 2.05) is 6.08 Å². The zero-order chi connectivity index (χ0) is 27.8. The minimum atomic E-state index is -0.954. The van der Waals surface area contributed by atoms with Gasteiger partial charge in [-0.05, 0) is 85.3 Å². The Labute approximate surface area is 231 Å². The molecule has 1 amide bonds. The molecule has 2 bridgehead atoms. The molecule has 4 atom stereocenters. The summed E-state index contributed by atoms with van der Waals surface area (Å²) in [5, 5.41) is 17.7. The van der Waals surface area contributed by atoms with E-state index in [9.17, 15) is 18.7 Å². The van der Waals surface area contributed by atoms with Crippen LogP contribution < -0.4 is 10.6 Å². The number of amides is 1. The average Bonchev–Trinajstić information content (AvgIpc) is 3.23. The third-order valence-electron chi connectivity index (χ3n) is 7.68. The quantitative estimate of drug-likeness (QED) is 0.415. The Hall–Kier alpha value is -2.61. The number of aliphatic hydroxyl groups is 1. The van der Waals surface area contributed by atoms with Crippen molar-refractivity contribution in [3.05, 3.63) is 82.4 Å². The summed E-state index contributed by atoms with van der Waals surface area (Å²) in [6.45, 7) is 5.20. The van der Waals surface area contributed by atoms with Crippen molar-refractivity contribution in [2.24, 2.45) is 5.92 Å². The van der Waals surface area contributed by atoms with Crippen LogP contribution in [-0.4, -0.2) is 36.3 Å². The summed E-state index contributed by atoms with van der Waals surface area (Å²) in [6.07, 6.45) is 8.90. The van der Waals surface area contributed by atoms with Gasteiger partial charge < -0.3 is 20.5 Å². The molecule has 0 saturated heterocycles. The van der Waals surface area contributed by atoms with Crippen LogP contribution >= 0.6 is 0 Å². The first-order valence-electron chi connectivity index (χ1n) is 14.3. The lowest BCUT2D eigenvalue weighted by molar-refractivity contribution is -0.122. The Morgan fingerprint density at radius 1 is 1.03 bits per heavy atom. The van der Waals surface area contributed by atoms with Gasteiger partial charge in [-0.3, -0.25) is 4.79 Å². The first-order chi connectivity index (χ1) is 18.8. The number of halogens is 2. The summed E-state index contributed by atoms with van der Waals surface area (Å²) in [6, 6.07) is 9.25. The highest BCUT2D eigenvalue weighted by molar-refractivity contribution is 5.76. The lowest BCUT2D eigenvalue weighted by atomic mass is 9.97. The molecule has 0 radical (unpaired) electrons. The molecule has 4 rings (SSSR count). The maximum absolute atomic E-state index is 13.9. The molecule has 39 heavy (non-hydrogen) atoms. The number of benzene rings is 2. The molecule has 1 aliphatic carbocycles. The number of ether oxygens (including phenoxy) is 1. The highest BCUT2D eigenvalue weighted by atomic mass is 19.1. The fourth-order valence-corrected chi connectivity index (χ4v) is 5.50. The molecule has 1 aliphatic heterocycles. The zero-order valence-electron chi connectivity index (χ0n) is 23.1. The van der Waals surface area contributed by atoms with Gasteiger partial charge in [0.25, 0.3) is 0 Å². The van der Waals surface area contributed by atoms with Crippen LogP contribution in [0, 0.1) is 17.6 Å². The first-order valence-corrected chi connectivity index (χ1v) is 14.3. The lowest BCUT2D eigenvalue weighted by Gasteiger charge is -2.26. The Balaban J connectivity index is 1.55. The SMILES string of the molecule is CC(C)CCc1ccc2c(c1)[C@@H]1C[C@H]2OC/C=C\CCCCC(=O)N[C@@H](Cc2cc(F)cc(F)c2)[C@H](O)CN1. The van der Waals surface area contributed by atoms with Crippen LogP contribution in [0.3, 0.4) is 0 Å². The van der Waals surface area contributed by atoms with E-state index in [0.29, 0.717) is 30.9 Å². The van der Waals surface area contributed by atoms with Crippen molar-refractivity contribution >= 4 is 5.91 Å². The summed E-state index contributed by atoms with van der Waals surface area (Å²) in [5.74, 6) is -0.907. The van der Waals surface area contributed by atoms with Crippen LogP contribution in [0.15, 0.2) is 48.6 Å².